The van der Waals surface area contributed by atoms with E-state index in [4.69, 9.17) is 24.4 Å². The fourth-order valence-electron chi connectivity index (χ4n) is 1.33. The van der Waals surface area contributed by atoms with E-state index in [-0.39, 0.29) is 24.9 Å². The Balaban J connectivity index is 0. The molecule has 136 valence electrons. The van der Waals surface area contributed by atoms with Crippen LogP contribution in [0.4, 0.5) is 0 Å². The molecule has 22 heavy (non-hydrogen) atoms. The Morgan fingerprint density at radius 3 is 1.91 bits per heavy atom. The summed E-state index contributed by atoms with van der Waals surface area (Å²) in [6, 6.07) is 0. The summed E-state index contributed by atoms with van der Waals surface area (Å²) in [5.74, 6) is 0. The molecule has 0 aromatic rings. The molecule has 0 aliphatic carbocycles. The van der Waals surface area contributed by atoms with Crippen LogP contribution in [0.1, 0.15) is 60.3 Å². The lowest BCUT2D eigenvalue weighted by molar-refractivity contribution is -0.0457. The van der Waals surface area contributed by atoms with E-state index in [1.165, 1.54) is 0 Å². The van der Waals surface area contributed by atoms with Crippen molar-refractivity contribution in [2.24, 2.45) is 0 Å². The average molecular weight is 322 g/mol. The normalized spacial score (nSPS) is 14.9. The van der Waals surface area contributed by atoms with Crippen molar-refractivity contribution in [2.75, 3.05) is 33.0 Å². The number of hydrogen-bond donors (Lipinski definition) is 2. The van der Waals surface area contributed by atoms with Gasteiger partial charge in [0.2, 0.25) is 0 Å². The molecule has 0 aromatic heterocycles. The van der Waals surface area contributed by atoms with Crippen LogP contribution in [0, 0.1) is 0 Å². The highest BCUT2D eigenvalue weighted by atomic mass is 16.5. The molecule has 3 unspecified atom stereocenters. The fourth-order valence-corrected chi connectivity index (χ4v) is 1.33. The maximum atomic E-state index is 8.73. The molecular formula is C17H38O5. The van der Waals surface area contributed by atoms with E-state index in [0.717, 1.165) is 38.9 Å². The van der Waals surface area contributed by atoms with E-state index < -0.39 is 0 Å². The molecule has 0 rings (SSSR count). The standard InChI is InChI=1S/C10H22O3.C7H16O2/c1-4-5-6-12-10(3)8-13-9(2)7-11;1-3-4-5-9-6-7(2)8/h9-11H,4-8H2,1-3H3;7-8H,3-6H2,1-2H3. The molecule has 3 atom stereocenters. The molecule has 0 radical (unpaired) electrons. The van der Waals surface area contributed by atoms with Crippen molar-refractivity contribution in [3.8, 4) is 0 Å². The molecule has 0 aromatic carbocycles. The average Bonchev–Trinajstić information content (AvgIpc) is 2.50. The van der Waals surface area contributed by atoms with Crippen LogP contribution in [0.3, 0.4) is 0 Å². The summed E-state index contributed by atoms with van der Waals surface area (Å²) in [5, 5.41) is 17.4. The summed E-state index contributed by atoms with van der Waals surface area (Å²) in [6.07, 6.45) is 4.21. The molecule has 0 heterocycles. The first-order chi connectivity index (χ1) is 10.5. The zero-order valence-electron chi connectivity index (χ0n) is 15.2. The number of aliphatic hydroxyl groups is 2. The van der Waals surface area contributed by atoms with Gasteiger partial charge in [-0.2, -0.15) is 0 Å². The first-order valence-corrected chi connectivity index (χ1v) is 8.57. The maximum Gasteiger partial charge on any atom is 0.0780 e. The molecule has 0 fully saturated rings. The number of aliphatic hydroxyl groups excluding tert-OH is 2. The minimum absolute atomic E-state index is 0.0711. The first-order valence-electron chi connectivity index (χ1n) is 8.57. The third-order valence-electron chi connectivity index (χ3n) is 2.77. The van der Waals surface area contributed by atoms with Crippen LogP contribution in [0.15, 0.2) is 0 Å². The molecule has 0 amide bonds. The Morgan fingerprint density at radius 2 is 1.41 bits per heavy atom. The highest BCUT2D eigenvalue weighted by Crippen LogP contribution is 1.98. The van der Waals surface area contributed by atoms with E-state index >= 15 is 0 Å². The van der Waals surface area contributed by atoms with Crippen LogP contribution in [-0.2, 0) is 14.2 Å². The Morgan fingerprint density at radius 1 is 0.818 bits per heavy atom. The molecule has 0 saturated heterocycles. The van der Waals surface area contributed by atoms with Crippen molar-refractivity contribution in [2.45, 2.75) is 78.6 Å². The molecule has 2 N–H and O–H groups in total. The molecule has 5 heteroatoms. The van der Waals surface area contributed by atoms with Gasteiger partial charge < -0.3 is 24.4 Å². The lowest BCUT2D eigenvalue weighted by Gasteiger charge is -2.15. The van der Waals surface area contributed by atoms with Crippen molar-refractivity contribution < 1.29 is 24.4 Å². The number of hydrogen-bond acceptors (Lipinski definition) is 5. The van der Waals surface area contributed by atoms with Crippen molar-refractivity contribution >= 4 is 0 Å². The Hall–Kier alpha value is -0.200. The second kappa shape index (κ2) is 18.8. The molecule has 5 nitrogen and oxygen atoms in total. The van der Waals surface area contributed by atoms with Gasteiger partial charge in [-0.3, -0.25) is 0 Å². The van der Waals surface area contributed by atoms with Gasteiger partial charge in [-0.25, -0.2) is 0 Å². The predicted molar refractivity (Wildman–Crippen MR) is 90.2 cm³/mol. The highest BCUT2D eigenvalue weighted by molar-refractivity contribution is 4.51. The molecule has 0 bridgehead atoms. The minimum atomic E-state index is -0.318. The topological polar surface area (TPSA) is 68.2 Å². The van der Waals surface area contributed by atoms with E-state index in [9.17, 15) is 0 Å². The predicted octanol–water partition coefficient (Wildman–Crippen LogP) is 2.77. The Kier molecular flexibility index (Phi) is 20.6. The van der Waals surface area contributed by atoms with Gasteiger partial charge in [-0.05, 0) is 33.6 Å². The van der Waals surface area contributed by atoms with Gasteiger partial charge in [0, 0.05) is 13.2 Å². The number of ether oxygens (including phenoxy) is 3. The zero-order valence-corrected chi connectivity index (χ0v) is 15.2. The third-order valence-corrected chi connectivity index (χ3v) is 2.77. The second-order valence-corrected chi connectivity index (χ2v) is 5.64. The lowest BCUT2D eigenvalue weighted by Crippen LogP contribution is -2.22. The Labute approximate surface area is 137 Å². The third kappa shape index (κ3) is 22.1. The summed E-state index contributed by atoms with van der Waals surface area (Å²) < 4.78 is 15.9. The molecule has 0 aliphatic heterocycles. The van der Waals surface area contributed by atoms with Crippen molar-refractivity contribution in [3.63, 3.8) is 0 Å². The van der Waals surface area contributed by atoms with Crippen molar-refractivity contribution in [3.05, 3.63) is 0 Å². The van der Waals surface area contributed by atoms with E-state index in [0.29, 0.717) is 13.2 Å². The minimum Gasteiger partial charge on any atom is -0.394 e. The van der Waals surface area contributed by atoms with Crippen molar-refractivity contribution in [1.82, 2.24) is 0 Å². The Bertz CT molecular complexity index is 199. The molecular weight excluding hydrogens is 284 g/mol. The van der Waals surface area contributed by atoms with E-state index in [1.54, 1.807) is 6.92 Å². The van der Waals surface area contributed by atoms with E-state index in [2.05, 4.69) is 13.8 Å². The monoisotopic (exact) mass is 322 g/mol. The summed E-state index contributed by atoms with van der Waals surface area (Å²) in [7, 11) is 0. The number of unbranched alkanes of at least 4 members (excludes halogenated alkanes) is 2. The highest BCUT2D eigenvalue weighted by Gasteiger charge is 2.05. The van der Waals surface area contributed by atoms with Crippen LogP contribution < -0.4 is 0 Å². The van der Waals surface area contributed by atoms with Gasteiger partial charge in [0.05, 0.1) is 38.1 Å². The second-order valence-electron chi connectivity index (χ2n) is 5.64. The van der Waals surface area contributed by atoms with E-state index in [1.807, 2.05) is 13.8 Å². The summed E-state index contributed by atoms with van der Waals surface area (Å²) >= 11 is 0. The maximum absolute atomic E-state index is 8.73. The summed E-state index contributed by atoms with van der Waals surface area (Å²) in [5.41, 5.74) is 0. The summed E-state index contributed by atoms with van der Waals surface area (Å²) in [6.45, 7) is 12.5. The van der Waals surface area contributed by atoms with Crippen LogP contribution in [0.5, 0.6) is 0 Å². The van der Waals surface area contributed by atoms with Gasteiger partial charge in [0.1, 0.15) is 0 Å². The summed E-state index contributed by atoms with van der Waals surface area (Å²) in [4.78, 5) is 0. The smallest absolute Gasteiger partial charge is 0.0780 e. The van der Waals surface area contributed by atoms with Gasteiger partial charge in [-0.15, -0.1) is 0 Å². The van der Waals surface area contributed by atoms with Gasteiger partial charge in [-0.1, -0.05) is 26.7 Å². The quantitative estimate of drug-likeness (QED) is 0.510. The molecule has 0 saturated carbocycles. The van der Waals surface area contributed by atoms with Gasteiger partial charge in [0.15, 0.2) is 0 Å². The van der Waals surface area contributed by atoms with Crippen LogP contribution in [-0.4, -0.2) is 61.6 Å². The first kappa shape index (κ1) is 24.1. The largest absolute Gasteiger partial charge is 0.394 e. The lowest BCUT2D eigenvalue weighted by atomic mass is 10.3. The van der Waals surface area contributed by atoms with Gasteiger partial charge in [0.25, 0.3) is 0 Å². The molecule has 0 spiro atoms. The fraction of sp³-hybridized carbons (Fsp3) is 1.00. The number of rotatable bonds is 13. The van der Waals surface area contributed by atoms with Crippen LogP contribution in [0.2, 0.25) is 0 Å². The van der Waals surface area contributed by atoms with Crippen LogP contribution in [0.25, 0.3) is 0 Å². The van der Waals surface area contributed by atoms with Crippen molar-refractivity contribution in [1.29, 1.82) is 0 Å². The zero-order chi connectivity index (χ0) is 17.2. The van der Waals surface area contributed by atoms with Crippen LogP contribution >= 0.6 is 0 Å². The molecule has 0 aliphatic rings. The SMILES string of the molecule is CCCCOC(C)COC(C)CO.CCCCOCC(C)O. The van der Waals surface area contributed by atoms with Gasteiger partial charge >= 0.3 is 0 Å².